The number of amides is 3. The predicted octanol–water partition coefficient (Wildman–Crippen LogP) is 4.15. The monoisotopic (exact) mass is 483 g/mol. The van der Waals surface area contributed by atoms with Crippen LogP contribution in [0.15, 0.2) is 54.6 Å². The van der Waals surface area contributed by atoms with Crippen LogP contribution in [0.25, 0.3) is 0 Å². The summed E-state index contributed by atoms with van der Waals surface area (Å²) < 4.78 is 5.34. The number of phenols is 1. The van der Waals surface area contributed by atoms with Crippen molar-refractivity contribution in [3.8, 4) is 5.75 Å². The Labute approximate surface area is 207 Å². The molecule has 0 heterocycles. The zero-order valence-electron chi connectivity index (χ0n) is 21.4. The number of aromatic hydroxyl groups is 1. The van der Waals surface area contributed by atoms with Crippen LogP contribution in [0.2, 0.25) is 0 Å². The fourth-order valence-electron chi connectivity index (χ4n) is 3.64. The summed E-state index contributed by atoms with van der Waals surface area (Å²) in [6.45, 7) is 9.35. The summed E-state index contributed by atoms with van der Waals surface area (Å²) in [7, 11) is 1.49. The van der Waals surface area contributed by atoms with Crippen LogP contribution in [0, 0.1) is 5.92 Å². The van der Waals surface area contributed by atoms with Crippen molar-refractivity contribution in [2.75, 3.05) is 7.05 Å². The molecule has 2 atom stereocenters. The Morgan fingerprint density at radius 3 is 2.17 bits per heavy atom. The standard InChI is InChI=1S/C27H37N3O5/c1-18(2)16-21(29-26(34)35-27(3,4)5)25(33)30(6)23(20-14-10-11-15-22(20)31)24(32)28-17-19-12-8-7-9-13-19/h7-15,18,21,23,31H,16-17H2,1-6H3,(H,28,32)(H,29,34). The van der Waals surface area contributed by atoms with Gasteiger partial charge in [-0.05, 0) is 44.7 Å². The molecule has 3 N–H and O–H groups in total. The molecular weight excluding hydrogens is 446 g/mol. The average Bonchev–Trinajstić information content (AvgIpc) is 2.77. The summed E-state index contributed by atoms with van der Waals surface area (Å²) in [5.41, 5.74) is 0.460. The van der Waals surface area contributed by atoms with Crippen LogP contribution in [0.3, 0.4) is 0 Å². The zero-order chi connectivity index (χ0) is 26.2. The van der Waals surface area contributed by atoms with E-state index in [1.165, 1.54) is 18.0 Å². The Bertz CT molecular complexity index is 1000. The van der Waals surface area contributed by atoms with Crippen molar-refractivity contribution in [2.24, 2.45) is 5.92 Å². The molecule has 0 aromatic heterocycles. The van der Waals surface area contributed by atoms with Crippen molar-refractivity contribution >= 4 is 17.9 Å². The average molecular weight is 484 g/mol. The van der Waals surface area contributed by atoms with Gasteiger partial charge < -0.3 is 25.4 Å². The van der Waals surface area contributed by atoms with E-state index in [0.717, 1.165) is 5.56 Å². The molecule has 0 bridgehead atoms. The summed E-state index contributed by atoms with van der Waals surface area (Å²) in [6.07, 6.45) is -0.362. The smallest absolute Gasteiger partial charge is 0.408 e. The van der Waals surface area contributed by atoms with Gasteiger partial charge in [0.2, 0.25) is 11.8 Å². The Kier molecular flexibility index (Phi) is 9.68. The lowest BCUT2D eigenvalue weighted by Crippen LogP contribution is -2.52. The second-order valence-corrected chi connectivity index (χ2v) is 9.94. The van der Waals surface area contributed by atoms with Gasteiger partial charge in [-0.15, -0.1) is 0 Å². The fourth-order valence-corrected chi connectivity index (χ4v) is 3.64. The Morgan fingerprint density at radius 2 is 1.60 bits per heavy atom. The summed E-state index contributed by atoms with van der Waals surface area (Å²) >= 11 is 0. The Balaban J connectivity index is 2.32. The summed E-state index contributed by atoms with van der Waals surface area (Å²) in [5.74, 6) is -0.935. The lowest BCUT2D eigenvalue weighted by molar-refractivity contribution is -0.141. The first-order chi connectivity index (χ1) is 16.4. The molecule has 0 saturated heterocycles. The minimum atomic E-state index is -1.11. The molecule has 2 rings (SSSR count). The van der Waals surface area contributed by atoms with E-state index in [1.807, 2.05) is 44.2 Å². The van der Waals surface area contributed by atoms with Crippen LogP contribution < -0.4 is 10.6 Å². The highest BCUT2D eigenvalue weighted by atomic mass is 16.6. The quantitative estimate of drug-likeness (QED) is 0.497. The number of alkyl carbamates (subject to hydrolysis) is 1. The van der Waals surface area contributed by atoms with Gasteiger partial charge >= 0.3 is 6.09 Å². The molecule has 0 spiro atoms. The van der Waals surface area contributed by atoms with Crippen LogP contribution in [-0.4, -0.2) is 46.6 Å². The van der Waals surface area contributed by atoms with Gasteiger partial charge in [0, 0.05) is 19.2 Å². The number of nitrogens with zero attached hydrogens (tertiary/aromatic N) is 1. The maximum atomic E-state index is 13.6. The largest absolute Gasteiger partial charge is 0.508 e. The molecule has 2 aromatic carbocycles. The van der Waals surface area contributed by atoms with Crippen LogP contribution in [0.4, 0.5) is 4.79 Å². The number of ether oxygens (including phenoxy) is 1. The molecule has 0 aliphatic carbocycles. The molecule has 2 unspecified atom stereocenters. The van der Waals surface area contributed by atoms with Crippen molar-refractivity contribution in [3.05, 3.63) is 65.7 Å². The SMILES string of the molecule is CC(C)CC(NC(=O)OC(C)(C)C)C(=O)N(C)C(C(=O)NCc1ccccc1)c1ccccc1O. The number of benzene rings is 2. The van der Waals surface area contributed by atoms with Gasteiger partial charge in [0.15, 0.2) is 0 Å². The van der Waals surface area contributed by atoms with Crippen molar-refractivity contribution in [1.82, 2.24) is 15.5 Å². The second-order valence-electron chi connectivity index (χ2n) is 9.94. The number of phenolic OH excluding ortho intramolecular Hbond substituents is 1. The van der Waals surface area contributed by atoms with E-state index in [9.17, 15) is 19.5 Å². The highest BCUT2D eigenvalue weighted by molar-refractivity contribution is 5.92. The minimum Gasteiger partial charge on any atom is -0.508 e. The number of nitrogens with one attached hydrogen (secondary N) is 2. The van der Waals surface area contributed by atoms with Crippen molar-refractivity contribution < 1.29 is 24.2 Å². The van der Waals surface area contributed by atoms with E-state index in [2.05, 4.69) is 10.6 Å². The number of rotatable bonds is 9. The third kappa shape index (κ3) is 8.63. The number of carbonyl (C=O) groups excluding carboxylic acids is 3. The predicted molar refractivity (Wildman–Crippen MR) is 135 cm³/mol. The van der Waals surface area contributed by atoms with Crippen LogP contribution in [0.5, 0.6) is 5.75 Å². The number of hydrogen-bond acceptors (Lipinski definition) is 5. The molecule has 0 aliphatic rings. The second kappa shape index (κ2) is 12.2. The third-order valence-electron chi connectivity index (χ3n) is 5.22. The van der Waals surface area contributed by atoms with Gasteiger partial charge in [0.1, 0.15) is 23.4 Å². The summed E-state index contributed by atoms with van der Waals surface area (Å²) in [4.78, 5) is 40.6. The number of hydrogen-bond donors (Lipinski definition) is 3. The maximum absolute atomic E-state index is 13.6. The van der Waals surface area contributed by atoms with Crippen molar-refractivity contribution in [3.63, 3.8) is 0 Å². The van der Waals surface area contributed by atoms with Gasteiger partial charge in [-0.2, -0.15) is 0 Å². The molecule has 0 fully saturated rings. The van der Waals surface area contributed by atoms with Crippen molar-refractivity contribution in [1.29, 1.82) is 0 Å². The molecule has 0 aliphatic heterocycles. The summed E-state index contributed by atoms with van der Waals surface area (Å²) in [5, 5.41) is 16.0. The van der Waals surface area contributed by atoms with Gasteiger partial charge in [0.25, 0.3) is 0 Å². The third-order valence-corrected chi connectivity index (χ3v) is 5.22. The molecular formula is C27H37N3O5. The van der Waals surface area contributed by atoms with Gasteiger partial charge in [0.05, 0.1) is 0 Å². The van der Waals surface area contributed by atoms with Crippen LogP contribution >= 0.6 is 0 Å². The van der Waals surface area contributed by atoms with E-state index >= 15 is 0 Å². The van der Waals surface area contributed by atoms with Crippen LogP contribution in [-0.2, 0) is 20.9 Å². The highest BCUT2D eigenvalue weighted by Gasteiger charge is 2.35. The number of para-hydroxylation sites is 1. The Hall–Kier alpha value is -3.55. The van der Waals surface area contributed by atoms with E-state index in [1.54, 1.807) is 39.0 Å². The molecule has 190 valence electrons. The van der Waals surface area contributed by atoms with Crippen LogP contribution in [0.1, 0.15) is 58.2 Å². The molecule has 8 nitrogen and oxygen atoms in total. The minimum absolute atomic E-state index is 0.0859. The van der Waals surface area contributed by atoms with Gasteiger partial charge in [-0.25, -0.2) is 4.79 Å². The number of carbonyl (C=O) groups is 3. The normalized spacial score (nSPS) is 13.0. The van der Waals surface area contributed by atoms with E-state index in [0.29, 0.717) is 6.42 Å². The molecule has 35 heavy (non-hydrogen) atoms. The van der Waals surface area contributed by atoms with Gasteiger partial charge in [-0.1, -0.05) is 62.4 Å². The molecule has 0 saturated carbocycles. The summed E-state index contributed by atoms with van der Waals surface area (Å²) in [6, 6.07) is 13.8. The highest BCUT2D eigenvalue weighted by Crippen LogP contribution is 2.29. The lowest BCUT2D eigenvalue weighted by atomic mass is 9.99. The first-order valence-corrected chi connectivity index (χ1v) is 11.7. The zero-order valence-corrected chi connectivity index (χ0v) is 21.4. The van der Waals surface area contributed by atoms with Crippen molar-refractivity contribution in [2.45, 2.75) is 65.3 Å². The topological polar surface area (TPSA) is 108 Å². The first kappa shape index (κ1) is 27.7. The van der Waals surface area contributed by atoms with E-state index in [-0.39, 0.29) is 23.8 Å². The molecule has 0 radical (unpaired) electrons. The van der Waals surface area contributed by atoms with E-state index in [4.69, 9.17) is 4.74 Å². The molecule has 3 amide bonds. The lowest BCUT2D eigenvalue weighted by Gasteiger charge is -2.32. The van der Waals surface area contributed by atoms with Gasteiger partial charge in [-0.3, -0.25) is 9.59 Å². The first-order valence-electron chi connectivity index (χ1n) is 11.7. The maximum Gasteiger partial charge on any atom is 0.408 e. The molecule has 2 aromatic rings. The molecule has 8 heteroatoms. The Morgan fingerprint density at radius 1 is 1.00 bits per heavy atom. The number of likely N-dealkylation sites (N-methyl/N-ethyl adjacent to an activating group) is 1. The van der Waals surface area contributed by atoms with E-state index < -0.39 is 35.6 Å². The fraction of sp³-hybridized carbons (Fsp3) is 0.444.